The van der Waals surface area contributed by atoms with Crippen LogP contribution in [0.4, 0.5) is 0 Å². The summed E-state index contributed by atoms with van der Waals surface area (Å²) < 4.78 is 0. The molecule has 1 saturated heterocycles. The third kappa shape index (κ3) is 4.24. The van der Waals surface area contributed by atoms with Crippen LogP contribution >= 0.6 is 11.8 Å². The Morgan fingerprint density at radius 1 is 1.10 bits per heavy atom. The summed E-state index contributed by atoms with van der Waals surface area (Å²) in [4.78, 5) is 0. The normalized spacial score (nSPS) is 20.1. The largest absolute Gasteiger partial charge is 0.389 e. The molecule has 0 saturated carbocycles. The van der Waals surface area contributed by atoms with E-state index in [-0.39, 0.29) is 6.04 Å². The van der Waals surface area contributed by atoms with E-state index in [1.54, 1.807) is 0 Å². The number of hydrogen-bond donors (Lipinski definition) is 2. The molecular weight excluding hydrogens is 266 g/mol. The highest BCUT2D eigenvalue weighted by atomic mass is 32.2. The van der Waals surface area contributed by atoms with E-state index in [1.807, 2.05) is 11.8 Å². The molecular formula is C17H27NOS. The first-order valence-electron chi connectivity index (χ1n) is 7.63. The number of hydrogen-bond acceptors (Lipinski definition) is 3. The van der Waals surface area contributed by atoms with Gasteiger partial charge < -0.3 is 10.4 Å². The Hall–Kier alpha value is -0.510. The fourth-order valence-electron chi connectivity index (χ4n) is 2.56. The minimum Gasteiger partial charge on any atom is -0.389 e. The lowest BCUT2D eigenvalue weighted by atomic mass is 9.95. The summed E-state index contributed by atoms with van der Waals surface area (Å²) in [6, 6.07) is 9.12. The molecule has 1 unspecified atom stereocenters. The molecule has 1 aromatic rings. The van der Waals surface area contributed by atoms with Crippen molar-refractivity contribution in [1.82, 2.24) is 5.32 Å². The monoisotopic (exact) mass is 293 g/mol. The van der Waals surface area contributed by atoms with Gasteiger partial charge in [-0.2, -0.15) is 11.8 Å². The highest BCUT2D eigenvalue weighted by molar-refractivity contribution is 7.99. The number of aliphatic hydroxyl groups is 1. The van der Waals surface area contributed by atoms with Crippen LogP contribution in [0.5, 0.6) is 0 Å². The highest BCUT2D eigenvalue weighted by Crippen LogP contribution is 2.27. The summed E-state index contributed by atoms with van der Waals surface area (Å²) in [5.74, 6) is 2.73. The Balaban J connectivity index is 1.89. The number of benzene rings is 1. The zero-order chi connectivity index (χ0) is 14.6. The second-order valence-corrected chi connectivity index (χ2v) is 7.49. The molecule has 112 valence electrons. The molecule has 1 aromatic carbocycles. The van der Waals surface area contributed by atoms with Crippen LogP contribution in [0.2, 0.25) is 0 Å². The van der Waals surface area contributed by atoms with Gasteiger partial charge in [-0.15, -0.1) is 0 Å². The quantitative estimate of drug-likeness (QED) is 0.868. The van der Waals surface area contributed by atoms with Crippen molar-refractivity contribution in [1.29, 1.82) is 0 Å². The first kappa shape index (κ1) is 15.9. The van der Waals surface area contributed by atoms with Gasteiger partial charge in [0.15, 0.2) is 0 Å². The summed E-state index contributed by atoms with van der Waals surface area (Å²) in [5, 5.41) is 14.0. The molecule has 1 fully saturated rings. The summed E-state index contributed by atoms with van der Waals surface area (Å²) in [5.41, 5.74) is 2.17. The van der Waals surface area contributed by atoms with E-state index in [1.165, 1.54) is 11.1 Å². The van der Waals surface area contributed by atoms with Crippen LogP contribution in [0, 0.1) is 0 Å². The molecule has 0 aromatic heterocycles. The topological polar surface area (TPSA) is 32.3 Å². The van der Waals surface area contributed by atoms with Gasteiger partial charge in [-0.25, -0.2) is 0 Å². The van der Waals surface area contributed by atoms with Crippen LogP contribution in [-0.2, 0) is 0 Å². The second-order valence-electron chi connectivity index (χ2n) is 6.26. The van der Waals surface area contributed by atoms with E-state index >= 15 is 0 Å². The van der Waals surface area contributed by atoms with Gasteiger partial charge in [-0.1, -0.05) is 38.1 Å². The van der Waals surface area contributed by atoms with Gasteiger partial charge in [0.2, 0.25) is 0 Å². The smallest absolute Gasteiger partial charge is 0.0787 e. The molecule has 20 heavy (non-hydrogen) atoms. The standard InChI is InChI=1S/C17H27NOS/c1-13(2)15-4-6-16(7-5-15)14(3)18-12-17(19)8-10-20-11-9-17/h4-7,13-14,18-19H,8-12H2,1-3H3. The highest BCUT2D eigenvalue weighted by Gasteiger charge is 2.29. The average Bonchev–Trinajstić information content (AvgIpc) is 2.46. The average molecular weight is 293 g/mol. The lowest BCUT2D eigenvalue weighted by Gasteiger charge is -2.33. The van der Waals surface area contributed by atoms with E-state index in [0.29, 0.717) is 12.5 Å². The van der Waals surface area contributed by atoms with Crippen LogP contribution in [0.3, 0.4) is 0 Å². The van der Waals surface area contributed by atoms with E-state index in [9.17, 15) is 5.11 Å². The maximum Gasteiger partial charge on any atom is 0.0787 e. The van der Waals surface area contributed by atoms with Crippen LogP contribution in [0.15, 0.2) is 24.3 Å². The SMILES string of the molecule is CC(C)c1ccc(C(C)NCC2(O)CCSCC2)cc1. The van der Waals surface area contributed by atoms with E-state index in [0.717, 1.165) is 24.3 Å². The Labute approximate surface area is 127 Å². The molecule has 2 N–H and O–H groups in total. The van der Waals surface area contributed by atoms with Gasteiger partial charge in [-0.05, 0) is 48.3 Å². The molecule has 0 bridgehead atoms. The molecule has 3 heteroatoms. The summed E-state index contributed by atoms with van der Waals surface area (Å²) in [6.07, 6.45) is 1.81. The van der Waals surface area contributed by atoms with Gasteiger partial charge in [0, 0.05) is 12.6 Å². The predicted molar refractivity (Wildman–Crippen MR) is 88.5 cm³/mol. The van der Waals surface area contributed by atoms with Crippen molar-refractivity contribution in [2.24, 2.45) is 0 Å². The van der Waals surface area contributed by atoms with Crippen molar-refractivity contribution >= 4 is 11.8 Å². The summed E-state index contributed by atoms with van der Waals surface area (Å²) in [6.45, 7) is 7.30. The number of nitrogens with one attached hydrogen (secondary N) is 1. The Bertz CT molecular complexity index is 410. The fourth-order valence-corrected chi connectivity index (χ4v) is 3.81. The van der Waals surface area contributed by atoms with Crippen molar-refractivity contribution in [2.75, 3.05) is 18.1 Å². The zero-order valence-electron chi connectivity index (χ0n) is 12.9. The van der Waals surface area contributed by atoms with Gasteiger partial charge in [0.1, 0.15) is 0 Å². The van der Waals surface area contributed by atoms with Crippen molar-refractivity contribution in [3.05, 3.63) is 35.4 Å². The lowest BCUT2D eigenvalue weighted by molar-refractivity contribution is 0.0300. The molecule has 0 spiro atoms. The van der Waals surface area contributed by atoms with Crippen molar-refractivity contribution in [3.63, 3.8) is 0 Å². The zero-order valence-corrected chi connectivity index (χ0v) is 13.7. The summed E-state index contributed by atoms with van der Waals surface area (Å²) in [7, 11) is 0. The molecule has 0 amide bonds. The maximum atomic E-state index is 10.5. The summed E-state index contributed by atoms with van der Waals surface area (Å²) >= 11 is 1.94. The maximum absolute atomic E-state index is 10.5. The minimum atomic E-state index is -0.503. The van der Waals surface area contributed by atoms with Gasteiger partial charge in [0.25, 0.3) is 0 Å². The molecule has 0 aliphatic carbocycles. The number of thioether (sulfide) groups is 1. The van der Waals surface area contributed by atoms with E-state index < -0.39 is 5.60 Å². The molecule has 1 atom stereocenters. The van der Waals surface area contributed by atoms with Crippen molar-refractivity contribution in [2.45, 2.75) is 51.2 Å². The fraction of sp³-hybridized carbons (Fsp3) is 0.647. The Morgan fingerprint density at radius 2 is 1.65 bits per heavy atom. The Morgan fingerprint density at radius 3 is 2.20 bits per heavy atom. The first-order chi connectivity index (χ1) is 9.50. The van der Waals surface area contributed by atoms with Gasteiger partial charge in [-0.3, -0.25) is 0 Å². The molecule has 2 rings (SSSR count). The van der Waals surface area contributed by atoms with Crippen molar-refractivity contribution < 1.29 is 5.11 Å². The molecule has 1 aliphatic heterocycles. The van der Waals surface area contributed by atoms with Gasteiger partial charge in [0.05, 0.1) is 5.60 Å². The molecule has 1 aliphatic rings. The number of rotatable bonds is 5. The molecule has 0 radical (unpaired) electrons. The molecule has 1 heterocycles. The minimum absolute atomic E-state index is 0.287. The third-order valence-electron chi connectivity index (χ3n) is 4.26. The molecule has 2 nitrogen and oxygen atoms in total. The predicted octanol–water partition coefficient (Wildman–Crippen LogP) is 3.72. The van der Waals surface area contributed by atoms with Crippen LogP contribution in [-0.4, -0.2) is 28.8 Å². The van der Waals surface area contributed by atoms with Crippen molar-refractivity contribution in [3.8, 4) is 0 Å². The van der Waals surface area contributed by atoms with Crippen LogP contribution < -0.4 is 5.32 Å². The van der Waals surface area contributed by atoms with Crippen LogP contribution in [0.25, 0.3) is 0 Å². The van der Waals surface area contributed by atoms with Crippen LogP contribution in [0.1, 0.15) is 56.7 Å². The Kier molecular flexibility index (Phi) is 5.53. The van der Waals surface area contributed by atoms with E-state index in [4.69, 9.17) is 0 Å². The van der Waals surface area contributed by atoms with E-state index in [2.05, 4.69) is 50.4 Å². The van der Waals surface area contributed by atoms with Gasteiger partial charge >= 0.3 is 0 Å². The third-order valence-corrected chi connectivity index (χ3v) is 5.25. The first-order valence-corrected chi connectivity index (χ1v) is 8.79. The lowest BCUT2D eigenvalue weighted by Crippen LogP contribution is -2.44. The second kappa shape index (κ2) is 6.97.